The van der Waals surface area contributed by atoms with Gasteiger partial charge in [-0.05, 0) is 19.2 Å². The van der Waals surface area contributed by atoms with Crippen LogP contribution in [0.25, 0.3) is 0 Å². The molecule has 0 saturated carbocycles. The van der Waals surface area contributed by atoms with Gasteiger partial charge in [0.2, 0.25) is 0 Å². The maximum Gasteiger partial charge on any atom is 0.266 e. The minimum absolute atomic E-state index is 0.137. The Balaban J connectivity index is 2.01. The van der Waals surface area contributed by atoms with E-state index < -0.39 is 0 Å². The summed E-state index contributed by atoms with van der Waals surface area (Å²) >= 11 is 0. The van der Waals surface area contributed by atoms with E-state index in [9.17, 15) is 4.79 Å². The number of benzene rings is 1. The third-order valence-electron chi connectivity index (χ3n) is 3.30. The van der Waals surface area contributed by atoms with Crippen LogP contribution >= 0.6 is 0 Å². The van der Waals surface area contributed by atoms with Crippen molar-refractivity contribution in [2.24, 2.45) is 0 Å². The summed E-state index contributed by atoms with van der Waals surface area (Å²) in [6, 6.07) is 11.4. The van der Waals surface area contributed by atoms with Gasteiger partial charge < -0.3 is 15.1 Å². The molecule has 1 saturated heterocycles. The number of anilines is 1. The van der Waals surface area contributed by atoms with Crippen molar-refractivity contribution in [3.63, 3.8) is 0 Å². The summed E-state index contributed by atoms with van der Waals surface area (Å²) in [4.78, 5) is 16.1. The second-order valence-electron chi connectivity index (χ2n) is 4.78. The summed E-state index contributed by atoms with van der Waals surface area (Å²) in [7, 11) is 2.03. The van der Waals surface area contributed by atoms with Crippen LogP contribution in [0.1, 0.15) is 0 Å². The van der Waals surface area contributed by atoms with E-state index in [2.05, 4.69) is 10.2 Å². The number of para-hydroxylation sites is 1. The molecule has 0 atom stereocenters. The van der Waals surface area contributed by atoms with Crippen LogP contribution in [0, 0.1) is 11.3 Å². The van der Waals surface area contributed by atoms with Gasteiger partial charge in [-0.1, -0.05) is 18.2 Å². The predicted molar refractivity (Wildman–Crippen MR) is 77.8 cm³/mol. The predicted octanol–water partition coefficient (Wildman–Crippen LogP) is 1.28. The second kappa shape index (κ2) is 6.73. The van der Waals surface area contributed by atoms with Crippen molar-refractivity contribution in [3.05, 3.63) is 42.1 Å². The first-order valence-electron chi connectivity index (χ1n) is 6.60. The number of likely N-dealkylation sites (N-methyl/N-ethyl adjacent to an activating group) is 1. The van der Waals surface area contributed by atoms with Gasteiger partial charge in [-0.25, -0.2) is 0 Å². The molecule has 5 nitrogen and oxygen atoms in total. The molecule has 2 rings (SSSR count). The van der Waals surface area contributed by atoms with E-state index in [4.69, 9.17) is 5.26 Å². The van der Waals surface area contributed by atoms with Crippen LogP contribution in [0.15, 0.2) is 42.1 Å². The molecule has 1 aromatic rings. The fourth-order valence-electron chi connectivity index (χ4n) is 2.01. The normalized spacial score (nSPS) is 16.6. The fourth-order valence-corrected chi connectivity index (χ4v) is 2.01. The molecule has 1 heterocycles. The molecule has 0 spiro atoms. The van der Waals surface area contributed by atoms with Gasteiger partial charge in [-0.3, -0.25) is 4.79 Å². The number of rotatable bonds is 3. The minimum Gasteiger partial charge on any atom is -0.360 e. The quantitative estimate of drug-likeness (QED) is 0.664. The van der Waals surface area contributed by atoms with Crippen molar-refractivity contribution in [3.8, 4) is 6.07 Å². The maximum absolute atomic E-state index is 12.2. The highest BCUT2D eigenvalue weighted by Gasteiger charge is 2.21. The molecule has 104 valence electrons. The first kappa shape index (κ1) is 14.1. The Kier molecular flexibility index (Phi) is 4.75. The van der Waals surface area contributed by atoms with Crippen LogP contribution in [0.5, 0.6) is 0 Å². The monoisotopic (exact) mass is 270 g/mol. The lowest BCUT2D eigenvalue weighted by atomic mass is 10.2. The third kappa shape index (κ3) is 3.59. The first-order chi connectivity index (χ1) is 9.70. The van der Waals surface area contributed by atoms with Gasteiger partial charge in [0.1, 0.15) is 11.6 Å². The molecule has 0 unspecified atom stereocenters. The Morgan fingerprint density at radius 3 is 2.50 bits per heavy atom. The highest BCUT2D eigenvalue weighted by molar-refractivity contribution is 5.97. The van der Waals surface area contributed by atoms with E-state index in [0.29, 0.717) is 13.1 Å². The lowest BCUT2D eigenvalue weighted by Crippen LogP contribution is -2.47. The molecule has 0 aliphatic carbocycles. The average Bonchev–Trinajstić information content (AvgIpc) is 2.49. The Labute approximate surface area is 119 Å². The van der Waals surface area contributed by atoms with Crippen molar-refractivity contribution >= 4 is 11.6 Å². The highest BCUT2D eigenvalue weighted by Crippen LogP contribution is 2.09. The van der Waals surface area contributed by atoms with E-state index in [1.807, 2.05) is 43.4 Å². The van der Waals surface area contributed by atoms with Gasteiger partial charge in [0.05, 0.1) is 0 Å². The SMILES string of the molecule is CN1CCN(C(=O)/C(C#N)=C\Nc2ccccc2)CC1. The van der Waals surface area contributed by atoms with Gasteiger partial charge in [-0.2, -0.15) is 5.26 Å². The number of carbonyl (C=O) groups excluding carboxylic acids is 1. The summed E-state index contributed by atoms with van der Waals surface area (Å²) in [5.74, 6) is -0.205. The molecule has 1 N–H and O–H groups in total. The Bertz CT molecular complexity index is 525. The topological polar surface area (TPSA) is 59.4 Å². The molecule has 1 aromatic carbocycles. The molecule has 1 aliphatic heterocycles. The summed E-state index contributed by atoms with van der Waals surface area (Å²) < 4.78 is 0. The molecule has 0 radical (unpaired) electrons. The summed E-state index contributed by atoms with van der Waals surface area (Å²) in [6.45, 7) is 3.02. The number of piperazine rings is 1. The average molecular weight is 270 g/mol. The van der Waals surface area contributed by atoms with Crippen LogP contribution in [0.2, 0.25) is 0 Å². The Hall–Kier alpha value is -2.32. The maximum atomic E-state index is 12.2. The van der Waals surface area contributed by atoms with Crippen molar-refractivity contribution in [1.82, 2.24) is 9.80 Å². The zero-order valence-electron chi connectivity index (χ0n) is 11.5. The van der Waals surface area contributed by atoms with Crippen molar-refractivity contribution in [2.75, 3.05) is 38.5 Å². The minimum atomic E-state index is -0.205. The van der Waals surface area contributed by atoms with E-state index in [1.165, 1.54) is 6.20 Å². The standard InChI is InChI=1S/C15H18N4O/c1-18-7-9-19(10-8-18)15(20)13(11-16)12-17-14-5-3-2-4-6-14/h2-6,12,17H,7-10H2,1H3/b13-12-. The van der Waals surface area contributed by atoms with Gasteiger partial charge in [0.25, 0.3) is 5.91 Å². The molecule has 1 aliphatic rings. The second-order valence-corrected chi connectivity index (χ2v) is 4.78. The molecular weight excluding hydrogens is 252 g/mol. The lowest BCUT2D eigenvalue weighted by molar-refractivity contribution is -0.128. The van der Waals surface area contributed by atoms with Crippen LogP contribution in [0.3, 0.4) is 0 Å². The molecule has 0 bridgehead atoms. The third-order valence-corrected chi connectivity index (χ3v) is 3.30. The largest absolute Gasteiger partial charge is 0.360 e. The number of nitrogens with one attached hydrogen (secondary N) is 1. The van der Waals surface area contributed by atoms with Gasteiger partial charge in [0.15, 0.2) is 0 Å². The highest BCUT2D eigenvalue weighted by atomic mass is 16.2. The van der Waals surface area contributed by atoms with Crippen molar-refractivity contribution in [2.45, 2.75) is 0 Å². The van der Waals surface area contributed by atoms with E-state index >= 15 is 0 Å². The number of hydrogen-bond donors (Lipinski definition) is 1. The number of amides is 1. The Morgan fingerprint density at radius 2 is 1.90 bits per heavy atom. The molecule has 20 heavy (non-hydrogen) atoms. The number of nitrogens with zero attached hydrogens (tertiary/aromatic N) is 3. The van der Waals surface area contributed by atoms with Gasteiger partial charge in [0, 0.05) is 38.1 Å². The lowest BCUT2D eigenvalue weighted by Gasteiger charge is -2.32. The number of hydrogen-bond acceptors (Lipinski definition) is 4. The van der Waals surface area contributed by atoms with Crippen LogP contribution in [-0.2, 0) is 4.79 Å². The number of carbonyl (C=O) groups is 1. The van der Waals surface area contributed by atoms with Crippen LogP contribution < -0.4 is 5.32 Å². The summed E-state index contributed by atoms with van der Waals surface area (Å²) in [6.07, 6.45) is 1.48. The molecule has 1 amide bonds. The van der Waals surface area contributed by atoms with Gasteiger partial charge in [-0.15, -0.1) is 0 Å². The zero-order chi connectivity index (χ0) is 14.4. The fraction of sp³-hybridized carbons (Fsp3) is 0.333. The molecular formula is C15H18N4O. The van der Waals surface area contributed by atoms with Crippen LogP contribution in [0.4, 0.5) is 5.69 Å². The van der Waals surface area contributed by atoms with Crippen LogP contribution in [-0.4, -0.2) is 48.9 Å². The molecule has 0 aromatic heterocycles. The van der Waals surface area contributed by atoms with E-state index in [0.717, 1.165) is 18.8 Å². The smallest absolute Gasteiger partial charge is 0.266 e. The van der Waals surface area contributed by atoms with Gasteiger partial charge >= 0.3 is 0 Å². The molecule has 1 fully saturated rings. The van der Waals surface area contributed by atoms with E-state index in [1.54, 1.807) is 4.90 Å². The van der Waals surface area contributed by atoms with E-state index in [-0.39, 0.29) is 11.5 Å². The first-order valence-corrected chi connectivity index (χ1v) is 6.60. The van der Waals surface area contributed by atoms with Crippen molar-refractivity contribution < 1.29 is 4.79 Å². The number of nitriles is 1. The zero-order valence-corrected chi connectivity index (χ0v) is 11.5. The summed E-state index contributed by atoms with van der Waals surface area (Å²) in [5, 5.41) is 12.1. The summed E-state index contributed by atoms with van der Waals surface area (Å²) in [5.41, 5.74) is 0.991. The molecule has 5 heteroatoms. The van der Waals surface area contributed by atoms with Crippen molar-refractivity contribution in [1.29, 1.82) is 5.26 Å². The Morgan fingerprint density at radius 1 is 1.25 bits per heavy atom.